The van der Waals surface area contributed by atoms with Gasteiger partial charge in [-0.05, 0) is 89.9 Å². The molecule has 0 amide bonds. The molecule has 0 aliphatic rings. The predicted octanol–water partition coefficient (Wildman–Crippen LogP) is 4.02. The third kappa shape index (κ3) is 19.4. The molecule has 0 saturated heterocycles. The van der Waals surface area contributed by atoms with E-state index in [2.05, 4.69) is 31.5 Å². The zero-order chi connectivity index (χ0) is 32.1. The maximum atomic E-state index is 6.47. The Hall–Kier alpha value is 0.428. The Morgan fingerprint density at radius 3 is 1.07 bits per heavy atom. The van der Waals surface area contributed by atoms with Crippen LogP contribution in [0.1, 0.15) is 38.5 Å². The van der Waals surface area contributed by atoms with Crippen LogP contribution in [0.5, 0.6) is 0 Å². The van der Waals surface area contributed by atoms with Crippen LogP contribution < -0.4 is 16.8 Å². The number of nitrogens with one attached hydrogen (secondary N) is 1. The molecule has 0 radical (unpaired) electrons. The highest BCUT2D eigenvalue weighted by molar-refractivity contribution is 6.71. The van der Waals surface area contributed by atoms with Crippen LogP contribution in [0.2, 0.25) is 50.4 Å². The van der Waals surface area contributed by atoms with Gasteiger partial charge in [-0.2, -0.15) is 0 Å². The minimum atomic E-state index is -2.56. The van der Waals surface area contributed by atoms with Crippen LogP contribution in [-0.2, 0) is 35.4 Å². The summed E-state index contributed by atoms with van der Waals surface area (Å²) in [5.41, 5.74) is 11.9. The van der Waals surface area contributed by atoms with E-state index in [4.69, 9.17) is 46.9 Å². The molecule has 0 heterocycles. The highest BCUT2D eigenvalue weighted by atomic mass is 28.4. The number of hydrogen-bond donors (Lipinski definition) is 3. The molecule has 0 aromatic heterocycles. The average molecular weight is 662 g/mol. The van der Waals surface area contributed by atoms with Crippen molar-refractivity contribution in [3.05, 3.63) is 0 Å². The Morgan fingerprint density at radius 1 is 0.512 bits per heavy atom. The third-order valence-electron chi connectivity index (χ3n) is 7.96. The Labute approximate surface area is 257 Å². The maximum absolute atomic E-state index is 6.47. The fraction of sp³-hybridized carbons (Fsp3) is 1.00. The van der Waals surface area contributed by atoms with Crippen LogP contribution in [0, 0.1) is 0 Å². The molecule has 0 aromatic carbocycles. The van der Waals surface area contributed by atoms with E-state index < -0.39 is 39.8 Å². The molecule has 41 heavy (non-hydrogen) atoms. The lowest BCUT2D eigenvalue weighted by atomic mass is 9.90. The molecule has 0 aliphatic heterocycles. The molecular weight excluding hydrogens is 595 g/mol. The summed E-state index contributed by atoms with van der Waals surface area (Å²) in [5.74, 6) is 0. The van der Waals surface area contributed by atoms with Crippen molar-refractivity contribution in [3.8, 4) is 0 Å². The van der Waals surface area contributed by atoms with Gasteiger partial charge >= 0.3 is 17.6 Å². The van der Waals surface area contributed by atoms with Gasteiger partial charge in [0.1, 0.15) is 0 Å². The predicted molar refractivity (Wildman–Crippen MR) is 178 cm³/mol. The van der Waals surface area contributed by atoms with Gasteiger partial charge in [0.05, 0.1) is 0 Å². The van der Waals surface area contributed by atoms with E-state index in [0.717, 1.165) is 38.8 Å². The minimum absolute atomic E-state index is 0.413. The second kappa shape index (κ2) is 22.9. The van der Waals surface area contributed by atoms with Crippen molar-refractivity contribution in [3.63, 3.8) is 0 Å². The van der Waals surface area contributed by atoms with Gasteiger partial charge in [0, 0.05) is 81.1 Å². The standard InChI is InChI=1S/C14H36N2O6Si2.C12H31NO2Si2/c1-17-23(18-2,19-3)11-7-9-14(16,13-15)10-8-12-24(20-4,21-5)22-6;1-14-16(3,4)11-7-9-13-10-8-12-17(5,6)15-2/h7-13,15-16H2,1-6H3;13H,7-12H2,1-6H3. The Kier molecular flexibility index (Phi) is 24.3. The molecule has 0 aromatic rings. The van der Waals surface area contributed by atoms with Crippen molar-refractivity contribution in [1.82, 2.24) is 5.32 Å². The van der Waals surface area contributed by atoms with Crippen LogP contribution in [-0.4, -0.2) is 116 Å². The van der Waals surface area contributed by atoms with Gasteiger partial charge in [0.25, 0.3) is 0 Å². The number of rotatable bonds is 25. The van der Waals surface area contributed by atoms with Crippen LogP contribution in [0.4, 0.5) is 0 Å². The van der Waals surface area contributed by atoms with Crippen LogP contribution >= 0.6 is 0 Å². The molecule has 0 bridgehead atoms. The van der Waals surface area contributed by atoms with Gasteiger partial charge in [-0.1, -0.05) is 0 Å². The summed E-state index contributed by atoms with van der Waals surface area (Å²) in [6.07, 6.45) is 5.68. The smallest absolute Gasteiger partial charge is 0.420 e. The van der Waals surface area contributed by atoms with E-state index in [-0.39, 0.29) is 0 Å². The van der Waals surface area contributed by atoms with Crippen molar-refractivity contribution < 1.29 is 35.4 Å². The third-order valence-corrected chi connectivity index (χ3v) is 18.9. The Morgan fingerprint density at radius 2 is 0.829 bits per heavy atom. The van der Waals surface area contributed by atoms with E-state index in [1.807, 2.05) is 14.2 Å². The van der Waals surface area contributed by atoms with E-state index in [0.29, 0.717) is 18.6 Å². The highest BCUT2D eigenvalue weighted by Crippen LogP contribution is 2.25. The lowest BCUT2D eigenvalue weighted by Crippen LogP contribution is -2.49. The normalized spacial score (nSPS) is 13.3. The van der Waals surface area contributed by atoms with Gasteiger partial charge in [0.2, 0.25) is 0 Å². The second-order valence-electron chi connectivity index (χ2n) is 11.7. The summed E-state index contributed by atoms with van der Waals surface area (Å²) < 4.78 is 43.6. The lowest BCUT2D eigenvalue weighted by molar-refractivity contribution is 0.121. The van der Waals surface area contributed by atoms with Gasteiger partial charge in [-0.15, -0.1) is 0 Å². The van der Waals surface area contributed by atoms with E-state index in [1.165, 1.54) is 24.9 Å². The van der Waals surface area contributed by atoms with Gasteiger partial charge < -0.3 is 52.2 Å². The van der Waals surface area contributed by atoms with Crippen molar-refractivity contribution >= 4 is 34.2 Å². The number of hydrogen-bond acceptors (Lipinski definition) is 11. The van der Waals surface area contributed by atoms with Gasteiger partial charge in [-0.25, -0.2) is 0 Å². The minimum Gasteiger partial charge on any atom is -0.420 e. The first-order chi connectivity index (χ1) is 19.2. The lowest BCUT2D eigenvalue weighted by Gasteiger charge is -2.31. The van der Waals surface area contributed by atoms with Crippen molar-refractivity contribution in [2.45, 2.75) is 94.4 Å². The summed E-state index contributed by atoms with van der Waals surface area (Å²) in [7, 11) is 5.58. The first kappa shape index (κ1) is 43.6. The fourth-order valence-electron chi connectivity index (χ4n) is 4.36. The van der Waals surface area contributed by atoms with Crippen molar-refractivity contribution in [1.29, 1.82) is 0 Å². The molecule has 0 atom stereocenters. The first-order valence-corrected chi connectivity index (χ1v) is 24.9. The highest BCUT2D eigenvalue weighted by Gasteiger charge is 2.40. The fourth-order valence-corrected chi connectivity index (χ4v) is 10.3. The summed E-state index contributed by atoms with van der Waals surface area (Å²) in [5, 5.41) is 3.51. The molecular formula is C26H67N3O8Si4. The molecule has 0 fully saturated rings. The molecule has 15 heteroatoms. The van der Waals surface area contributed by atoms with Crippen LogP contribution in [0.3, 0.4) is 0 Å². The first-order valence-electron chi connectivity index (χ1n) is 14.8. The van der Waals surface area contributed by atoms with Crippen LogP contribution in [0.15, 0.2) is 0 Å². The molecule has 0 aliphatic carbocycles. The zero-order valence-electron chi connectivity index (χ0n) is 28.6. The van der Waals surface area contributed by atoms with Crippen molar-refractivity contribution in [2.24, 2.45) is 11.5 Å². The molecule has 5 N–H and O–H groups in total. The Bertz CT molecular complexity index is 569. The van der Waals surface area contributed by atoms with Crippen LogP contribution in [0.25, 0.3) is 0 Å². The summed E-state index contributed by atoms with van der Waals surface area (Å²) in [6.45, 7) is 11.8. The Balaban J connectivity index is 0. The largest absolute Gasteiger partial charge is 0.500 e. The monoisotopic (exact) mass is 661 g/mol. The molecule has 11 nitrogen and oxygen atoms in total. The SMILES string of the molecule is CO[Si](C)(C)CCCNCCC[Si](C)(C)OC.CO[Si](CCCC(N)(CN)CCC[Si](OC)(OC)OC)(OC)OC. The van der Waals surface area contributed by atoms with E-state index >= 15 is 0 Å². The molecule has 0 rings (SSSR count). The quantitative estimate of drug-likeness (QED) is 0.0966. The topological polar surface area (TPSA) is 138 Å². The van der Waals surface area contributed by atoms with Gasteiger partial charge in [0.15, 0.2) is 16.6 Å². The number of nitrogens with two attached hydrogens (primary N) is 2. The maximum Gasteiger partial charge on any atom is 0.500 e. The summed E-state index contributed by atoms with van der Waals surface area (Å²) >= 11 is 0. The summed E-state index contributed by atoms with van der Waals surface area (Å²) in [4.78, 5) is 0. The van der Waals surface area contributed by atoms with Crippen molar-refractivity contribution in [2.75, 3.05) is 76.5 Å². The summed E-state index contributed by atoms with van der Waals surface area (Å²) in [6, 6.07) is 3.91. The van der Waals surface area contributed by atoms with Gasteiger partial charge in [-0.3, -0.25) is 0 Å². The van der Waals surface area contributed by atoms with E-state index in [9.17, 15) is 0 Å². The average Bonchev–Trinajstić information content (AvgIpc) is 2.98. The molecule has 0 spiro atoms. The second-order valence-corrected chi connectivity index (χ2v) is 26.8. The van der Waals surface area contributed by atoms with E-state index in [1.54, 1.807) is 42.7 Å². The molecule has 0 saturated carbocycles. The molecule has 0 unspecified atom stereocenters. The molecule has 250 valence electrons. The zero-order valence-corrected chi connectivity index (χ0v) is 32.6.